The maximum atomic E-state index is 11.7. The molecule has 3 N–H and O–H groups in total. The molecular formula is C10H13F2N3O2. The molecule has 0 aromatic carbocycles. The number of rotatable bonds is 6. The molecule has 0 aliphatic heterocycles. The maximum absolute atomic E-state index is 11.7. The van der Waals surface area contributed by atoms with Crippen LogP contribution in [0, 0.1) is 0 Å². The highest BCUT2D eigenvalue weighted by molar-refractivity contribution is 5.92. The standard InChI is InChI=1S/C10H13F2N3O2/c11-9(12)6-17-4-3-15-10(16)8-5-7(13)1-2-14-8/h1-2,5,9H,3-4,6H2,(H2,13,14)(H,15,16). The van der Waals surface area contributed by atoms with Crippen LogP contribution in [0.15, 0.2) is 18.3 Å². The van der Waals surface area contributed by atoms with Gasteiger partial charge in [0.1, 0.15) is 12.3 Å². The highest BCUT2D eigenvalue weighted by atomic mass is 19.3. The summed E-state index contributed by atoms with van der Waals surface area (Å²) in [6.45, 7) is -0.465. The number of ether oxygens (including phenoxy) is 1. The first kappa shape index (κ1) is 13.3. The van der Waals surface area contributed by atoms with E-state index in [0.29, 0.717) is 5.69 Å². The second kappa shape index (κ2) is 6.74. The average molecular weight is 245 g/mol. The average Bonchev–Trinajstić information content (AvgIpc) is 2.28. The predicted molar refractivity (Wildman–Crippen MR) is 57.8 cm³/mol. The summed E-state index contributed by atoms with van der Waals surface area (Å²) in [5.41, 5.74) is 6.09. The second-order valence-electron chi connectivity index (χ2n) is 3.20. The van der Waals surface area contributed by atoms with Gasteiger partial charge in [0.15, 0.2) is 0 Å². The molecule has 0 bridgehead atoms. The largest absolute Gasteiger partial charge is 0.399 e. The van der Waals surface area contributed by atoms with Crippen molar-refractivity contribution in [2.45, 2.75) is 6.43 Å². The van der Waals surface area contributed by atoms with E-state index in [2.05, 4.69) is 15.0 Å². The number of nitrogens with one attached hydrogen (secondary N) is 1. The number of amides is 1. The van der Waals surface area contributed by atoms with E-state index in [1.54, 1.807) is 6.07 Å². The number of hydrogen-bond donors (Lipinski definition) is 2. The van der Waals surface area contributed by atoms with E-state index < -0.39 is 18.9 Å². The third-order valence-corrected chi connectivity index (χ3v) is 1.79. The van der Waals surface area contributed by atoms with Crippen molar-refractivity contribution in [3.63, 3.8) is 0 Å². The van der Waals surface area contributed by atoms with Crippen molar-refractivity contribution in [1.82, 2.24) is 10.3 Å². The van der Waals surface area contributed by atoms with Gasteiger partial charge >= 0.3 is 0 Å². The molecule has 0 spiro atoms. The van der Waals surface area contributed by atoms with Crippen LogP contribution >= 0.6 is 0 Å². The number of nitrogens with two attached hydrogens (primary N) is 1. The summed E-state index contributed by atoms with van der Waals surface area (Å²) in [4.78, 5) is 15.3. The number of nitrogens with zero attached hydrogens (tertiary/aromatic N) is 1. The molecule has 0 fully saturated rings. The minimum absolute atomic E-state index is 0.0262. The number of halogens is 2. The quantitative estimate of drug-likeness (QED) is 0.722. The Hall–Kier alpha value is -1.76. The molecule has 5 nitrogen and oxygen atoms in total. The van der Waals surface area contributed by atoms with Gasteiger partial charge in [-0.3, -0.25) is 9.78 Å². The highest BCUT2D eigenvalue weighted by Gasteiger charge is 2.06. The summed E-state index contributed by atoms with van der Waals surface area (Å²) >= 11 is 0. The molecule has 1 rings (SSSR count). The molecule has 0 unspecified atom stereocenters. The van der Waals surface area contributed by atoms with Crippen LogP contribution in [0.5, 0.6) is 0 Å². The Kier molecular flexibility index (Phi) is 5.28. The first-order valence-corrected chi connectivity index (χ1v) is 4.95. The first-order chi connectivity index (χ1) is 8.09. The van der Waals surface area contributed by atoms with Crippen molar-refractivity contribution in [3.05, 3.63) is 24.0 Å². The number of hydrogen-bond acceptors (Lipinski definition) is 4. The van der Waals surface area contributed by atoms with Crippen molar-refractivity contribution in [3.8, 4) is 0 Å². The van der Waals surface area contributed by atoms with Gasteiger partial charge < -0.3 is 15.8 Å². The first-order valence-electron chi connectivity index (χ1n) is 4.95. The molecule has 0 saturated heterocycles. The zero-order chi connectivity index (χ0) is 12.7. The van der Waals surface area contributed by atoms with Crippen LogP contribution in [0.1, 0.15) is 10.5 Å². The number of aromatic nitrogens is 1. The lowest BCUT2D eigenvalue weighted by molar-refractivity contribution is 0.0188. The molecule has 1 amide bonds. The fourth-order valence-electron chi connectivity index (χ4n) is 1.07. The van der Waals surface area contributed by atoms with Gasteiger partial charge in [0.2, 0.25) is 0 Å². The van der Waals surface area contributed by atoms with Gasteiger partial charge in [-0.25, -0.2) is 8.78 Å². The molecule has 0 aliphatic carbocycles. The van der Waals surface area contributed by atoms with E-state index in [4.69, 9.17) is 5.73 Å². The molecule has 0 atom stereocenters. The van der Waals surface area contributed by atoms with Crippen LogP contribution in [-0.4, -0.2) is 37.1 Å². The number of pyridine rings is 1. The second-order valence-corrected chi connectivity index (χ2v) is 3.20. The zero-order valence-electron chi connectivity index (χ0n) is 9.03. The number of nitrogen functional groups attached to an aromatic ring is 1. The molecule has 1 aromatic rings. The van der Waals surface area contributed by atoms with Gasteiger partial charge in [-0.2, -0.15) is 0 Å². The molecule has 1 aromatic heterocycles. The van der Waals surface area contributed by atoms with E-state index in [9.17, 15) is 13.6 Å². The molecule has 0 aliphatic rings. The summed E-state index contributed by atoms with van der Waals surface area (Å²) in [5, 5.41) is 2.47. The highest BCUT2D eigenvalue weighted by Crippen LogP contribution is 2.02. The van der Waals surface area contributed by atoms with Crippen molar-refractivity contribution in [1.29, 1.82) is 0 Å². The Morgan fingerprint density at radius 2 is 2.35 bits per heavy atom. The fraction of sp³-hybridized carbons (Fsp3) is 0.400. The minimum Gasteiger partial charge on any atom is -0.399 e. The Balaban J connectivity index is 2.26. The molecule has 0 saturated carbocycles. The summed E-state index contributed by atoms with van der Waals surface area (Å²) in [5.74, 6) is -0.419. The van der Waals surface area contributed by atoms with Gasteiger partial charge in [-0.1, -0.05) is 0 Å². The molecular weight excluding hydrogens is 232 g/mol. The number of carbonyl (C=O) groups excluding carboxylic acids is 1. The van der Waals surface area contributed by atoms with Gasteiger partial charge in [-0.15, -0.1) is 0 Å². The lowest BCUT2D eigenvalue weighted by Crippen LogP contribution is -2.28. The SMILES string of the molecule is Nc1ccnc(C(=O)NCCOCC(F)F)c1. The van der Waals surface area contributed by atoms with Gasteiger partial charge in [0, 0.05) is 18.4 Å². The monoisotopic (exact) mass is 245 g/mol. The lowest BCUT2D eigenvalue weighted by Gasteiger charge is -2.05. The zero-order valence-corrected chi connectivity index (χ0v) is 9.03. The van der Waals surface area contributed by atoms with E-state index in [-0.39, 0.29) is 18.8 Å². The van der Waals surface area contributed by atoms with Crippen LogP contribution in [0.4, 0.5) is 14.5 Å². The summed E-state index contributed by atoms with van der Waals surface area (Å²) in [6.07, 6.45) is -1.08. The molecule has 17 heavy (non-hydrogen) atoms. The van der Waals surface area contributed by atoms with E-state index in [0.717, 1.165) is 0 Å². The topological polar surface area (TPSA) is 77.2 Å². The Morgan fingerprint density at radius 3 is 3.00 bits per heavy atom. The van der Waals surface area contributed by atoms with Crippen LogP contribution in [0.2, 0.25) is 0 Å². The molecule has 7 heteroatoms. The number of alkyl halides is 2. The maximum Gasteiger partial charge on any atom is 0.270 e. The van der Waals surface area contributed by atoms with Gasteiger partial charge in [0.05, 0.1) is 6.61 Å². The predicted octanol–water partition coefficient (Wildman–Crippen LogP) is 0.675. The van der Waals surface area contributed by atoms with Gasteiger partial charge in [0.25, 0.3) is 12.3 Å². The summed E-state index contributed by atoms with van der Waals surface area (Å²) in [7, 11) is 0. The van der Waals surface area contributed by atoms with E-state index in [1.165, 1.54) is 12.3 Å². The van der Waals surface area contributed by atoms with E-state index >= 15 is 0 Å². The van der Waals surface area contributed by atoms with Crippen LogP contribution in [-0.2, 0) is 4.74 Å². The van der Waals surface area contributed by atoms with Crippen molar-refractivity contribution in [2.75, 3.05) is 25.5 Å². The lowest BCUT2D eigenvalue weighted by atomic mass is 10.3. The minimum atomic E-state index is -2.50. The van der Waals surface area contributed by atoms with Crippen LogP contribution in [0.3, 0.4) is 0 Å². The molecule has 0 radical (unpaired) electrons. The molecule has 1 heterocycles. The summed E-state index contributed by atoms with van der Waals surface area (Å²) in [6, 6.07) is 2.98. The molecule has 94 valence electrons. The Bertz CT molecular complexity index is 374. The van der Waals surface area contributed by atoms with Gasteiger partial charge in [-0.05, 0) is 12.1 Å². The van der Waals surface area contributed by atoms with Crippen molar-refractivity contribution in [2.24, 2.45) is 0 Å². The summed E-state index contributed by atoms with van der Waals surface area (Å²) < 4.78 is 28.0. The fourth-order valence-corrected chi connectivity index (χ4v) is 1.07. The Morgan fingerprint density at radius 1 is 1.59 bits per heavy atom. The van der Waals surface area contributed by atoms with E-state index in [1.807, 2.05) is 0 Å². The normalized spacial score (nSPS) is 10.5. The van der Waals surface area contributed by atoms with Crippen LogP contribution < -0.4 is 11.1 Å². The van der Waals surface area contributed by atoms with Crippen molar-refractivity contribution < 1.29 is 18.3 Å². The smallest absolute Gasteiger partial charge is 0.270 e. The van der Waals surface area contributed by atoms with Crippen LogP contribution in [0.25, 0.3) is 0 Å². The van der Waals surface area contributed by atoms with Crippen molar-refractivity contribution >= 4 is 11.6 Å². The third-order valence-electron chi connectivity index (χ3n) is 1.79. The Labute approximate surface area is 97.0 Å². The number of carbonyl (C=O) groups is 1. The third kappa shape index (κ3) is 5.21. The number of anilines is 1.